The first-order chi connectivity index (χ1) is 11.0. The topological polar surface area (TPSA) is 70.3 Å². The van der Waals surface area contributed by atoms with Gasteiger partial charge in [-0.25, -0.2) is 4.98 Å². The molecule has 0 aliphatic carbocycles. The minimum Gasteiger partial charge on any atom is -0.380 e. The number of hydrazone groups is 1. The van der Waals surface area contributed by atoms with Crippen LogP contribution in [0.25, 0.3) is 0 Å². The molecule has 0 aliphatic rings. The fourth-order valence-electron chi connectivity index (χ4n) is 2.07. The Labute approximate surface area is 144 Å². The van der Waals surface area contributed by atoms with Crippen molar-refractivity contribution in [1.82, 2.24) is 4.98 Å². The van der Waals surface area contributed by atoms with Gasteiger partial charge in [0, 0.05) is 22.8 Å². The molecular weight excluding hydrogens is 356 g/mol. The fraction of sp³-hybridized carbons (Fsp3) is 0.235. The van der Waals surface area contributed by atoms with E-state index in [1.165, 1.54) is 0 Å². The number of hydrogen-bond acceptors (Lipinski definition) is 5. The molecule has 1 aromatic carbocycles. The Balaban J connectivity index is 2.24. The highest BCUT2D eigenvalue weighted by Crippen LogP contribution is 2.20. The van der Waals surface area contributed by atoms with E-state index in [4.69, 9.17) is 4.74 Å². The molecular formula is C17H17BrN4O. The summed E-state index contributed by atoms with van der Waals surface area (Å²) in [6.07, 6.45) is 1.69. The first kappa shape index (κ1) is 17.1. The summed E-state index contributed by atoms with van der Waals surface area (Å²) in [6, 6.07) is 9.95. The van der Waals surface area contributed by atoms with E-state index in [1.807, 2.05) is 38.1 Å². The van der Waals surface area contributed by atoms with E-state index in [-0.39, 0.29) is 0 Å². The average Bonchev–Trinajstić information content (AvgIpc) is 2.51. The Morgan fingerprint density at radius 3 is 2.83 bits per heavy atom. The van der Waals surface area contributed by atoms with Gasteiger partial charge in [-0.15, -0.1) is 0 Å². The molecule has 0 spiro atoms. The Kier molecular flexibility index (Phi) is 5.85. The second-order valence-corrected chi connectivity index (χ2v) is 5.92. The van der Waals surface area contributed by atoms with Gasteiger partial charge in [0.1, 0.15) is 11.6 Å². The van der Waals surface area contributed by atoms with E-state index >= 15 is 0 Å². The second kappa shape index (κ2) is 7.86. The maximum Gasteiger partial charge on any atom is 0.164 e. The first-order valence-electron chi connectivity index (χ1n) is 7.00. The third kappa shape index (κ3) is 4.38. The van der Waals surface area contributed by atoms with Gasteiger partial charge in [-0.2, -0.15) is 10.4 Å². The molecule has 6 heteroatoms. The van der Waals surface area contributed by atoms with Crippen LogP contribution in [0.5, 0.6) is 0 Å². The monoisotopic (exact) mass is 372 g/mol. The molecule has 0 saturated heterocycles. The molecule has 0 unspecified atom stereocenters. The third-order valence-electron chi connectivity index (χ3n) is 3.22. The third-order valence-corrected chi connectivity index (χ3v) is 4.08. The molecule has 0 amide bonds. The summed E-state index contributed by atoms with van der Waals surface area (Å²) in [5.41, 5.74) is 6.99. The fourth-order valence-corrected chi connectivity index (χ4v) is 2.47. The van der Waals surface area contributed by atoms with Crippen LogP contribution >= 0.6 is 15.9 Å². The number of hydrogen-bond donors (Lipinski definition) is 1. The van der Waals surface area contributed by atoms with Crippen molar-refractivity contribution in [1.29, 1.82) is 5.26 Å². The molecule has 0 radical (unpaired) electrons. The lowest BCUT2D eigenvalue weighted by molar-refractivity contribution is 0.184. The van der Waals surface area contributed by atoms with Gasteiger partial charge in [-0.3, -0.25) is 5.43 Å². The minimum atomic E-state index is 0.357. The highest BCUT2D eigenvalue weighted by molar-refractivity contribution is 9.10. The first-order valence-corrected chi connectivity index (χ1v) is 7.79. The van der Waals surface area contributed by atoms with Crippen LogP contribution in [0.2, 0.25) is 0 Å². The summed E-state index contributed by atoms with van der Waals surface area (Å²) in [4.78, 5) is 4.34. The number of nitrogens with one attached hydrogen (secondary N) is 1. The predicted octanol–water partition coefficient (Wildman–Crippen LogP) is 3.93. The second-order valence-electron chi connectivity index (χ2n) is 5.07. The van der Waals surface area contributed by atoms with Crippen LogP contribution in [0.1, 0.15) is 27.9 Å². The Morgan fingerprint density at radius 1 is 1.39 bits per heavy atom. The van der Waals surface area contributed by atoms with Crippen molar-refractivity contribution in [2.24, 2.45) is 5.10 Å². The van der Waals surface area contributed by atoms with Gasteiger partial charge in [-0.1, -0.05) is 28.1 Å². The summed E-state index contributed by atoms with van der Waals surface area (Å²) in [6.45, 7) is 4.25. The standard InChI is InChI=1S/C17H17BrN4O/c1-11-4-5-13(7-16(11)18)9-20-22-17-15(8-19)14(10-23-3)6-12(2)21-17/h4-7,9H,10H2,1-3H3,(H,21,22). The summed E-state index contributed by atoms with van der Waals surface area (Å²) >= 11 is 3.49. The van der Waals surface area contributed by atoms with E-state index < -0.39 is 0 Å². The number of rotatable bonds is 5. The maximum absolute atomic E-state index is 9.36. The molecule has 23 heavy (non-hydrogen) atoms. The molecule has 2 aromatic rings. The van der Waals surface area contributed by atoms with Crippen LogP contribution in [0.15, 0.2) is 33.8 Å². The summed E-state index contributed by atoms with van der Waals surface area (Å²) in [7, 11) is 1.59. The van der Waals surface area contributed by atoms with Gasteiger partial charge < -0.3 is 4.74 Å². The Hall–Kier alpha value is -2.23. The summed E-state index contributed by atoms with van der Waals surface area (Å²) in [5, 5.41) is 13.5. The SMILES string of the molecule is COCc1cc(C)nc(NN=Cc2ccc(C)c(Br)c2)c1C#N. The summed E-state index contributed by atoms with van der Waals surface area (Å²) in [5.74, 6) is 0.432. The van der Waals surface area contributed by atoms with Crippen molar-refractivity contribution in [3.05, 3.63) is 56.7 Å². The van der Waals surface area contributed by atoms with E-state index in [1.54, 1.807) is 13.3 Å². The van der Waals surface area contributed by atoms with Crippen LogP contribution in [-0.2, 0) is 11.3 Å². The van der Waals surface area contributed by atoms with Crippen LogP contribution in [0, 0.1) is 25.2 Å². The molecule has 0 saturated carbocycles. The largest absolute Gasteiger partial charge is 0.380 e. The zero-order valence-electron chi connectivity index (χ0n) is 13.2. The van der Waals surface area contributed by atoms with Crippen molar-refractivity contribution < 1.29 is 4.74 Å². The number of ether oxygens (including phenoxy) is 1. The lowest BCUT2D eigenvalue weighted by Crippen LogP contribution is -2.03. The zero-order valence-corrected chi connectivity index (χ0v) is 14.8. The molecule has 0 aliphatic heterocycles. The number of aryl methyl sites for hydroxylation is 2. The highest BCUT2D eigenvalue weighted by atomic mass is 79.9. The van der Waals surface area contributed by atoms with E-state index in [0.717, 1.165) is 26.9 Å². The van der Waals surface area contributed by atoms with E-state index in [2.05, 4.69) is 37.5 Å². The quantitative estimate of drug-likeness (QED) is 0.637. The predicted molar refractivity (Wildman–Crippen MR) is 94.5 cm³/mol. The van der Waals surface area contributed by atoms with E-state index in [9.17, 15) is 5.26 Å². The van der Waals surface area contributed by atoms with Crippen molar-refractivity contribution in [3.63, 3.8) is 0 Å². The van der Waals surface area contributed by atoms with Gasteiger partial charge in [0.05, 0.1) is 12.8 Å². The number of benzene rings is 1. The number of methoxy groups -OCH3 is 1. The Bertz CT molecular complexity index is 781. The summed E-state index contributed by atoms with van der Waals surface area (Å²) < 4.78 is 6.15. The lowest BCUT2D eigenvalue weighted by Gasteiger charge is -2.09. The van der Waals surface area contributed by atoms with Gasteiger partial charge in [-0.05, 0) is 37.1 Å². The van der Waals surface area contributed by atoms with Crippen molar-refractivity contribution in [3.8, 4) is 6.07 Å². The molecule has 0 bridgehead atoms. The number of pyridine rings is 1. The number of anilines is 1. The van der Waals surface area contributed by atoms with Crippen molar-refractivity contribution >= 4 is 28.0 Å². The van der Waals surface area contributed by atoms with Gasteiger partial charge >= 0.3 is 0 Å². The van der Waals surface area contributed by atoms with Crippen LogP contribution in [0.4, 0.5) is 5.82 Å². The molecule has 1 aromatic heterocycles. The van der Waals surface area contributed by atoms with E-state index in [0.29, 0.717) is 18.0 Å². The lowest BCUT2D eigenvalue weighted by atomic mass is 10.1. The number of aromatic nitrogens is 1. The Morgan fingerprint density at radius 2 is 2.17 bits per heavy atom. The molecule has 118 valence electrons. The number of halogens is 1. The van der Waals surface area contributed by atoms with Crippen molar-refractivity contribution in [2.45, 2.75) is 20.5 Å². The minimum absolute atomic E-state index is 0.357. The molecule has 1 N–H and O–H groups in total. The highest BCUT2D eigenvalue weighted by Gasteiger charge is 2.10. The van der Waals surface area contributed by atoms with Crippen LogP contribution in [0.3, 0.4) is 0 Å². The molecule has 2 rings (SSSR count). The number of nitriles is 1. The molecule has 0 atom stereocenters. The molecule has 1 heterocycles. The van der Waals surface area contributed by atoms with Gasteiger partial charge in [0.25, 0.3) is 0 Å². The normalized spacial score (nSPS) is 10.7. The van der Waals surface area contributed by atoms with Crippen LogP contribution in [-0.4, -0.2) is 18.3 Å². The van der Waals surface area contributed by atoms with Gasteiger partial charge in [0.15, 0.2) is 5.82 Å². The molecule has 5 nitrogen and oxygen atoms in total. The zero-order chi connectivity index (χ0) is 16.8. The number of nitrogens with zero attached hydrogens (tertiary/aromatic N) is 3. The van der Waals surface area contributed by atoms with Crippen molar-refractivity contribution in [2.75, 3.05) is 12.5 Å². The smallest absolute Gasteiger partial charge is 0.164 e. The van der Waals surface area contributed by atoms with Gasteiger partial charge in [0.2, 0.25) is 0 Å². The molecule has 0 fully saturated rings. The maximum atomic E-state index is 9.36. The average molecular weight is 373 g/mol. The van der Waals surface area contributed by atoms with Crippen LogP contribution < -0.4 is 5.43 Å².